The Kier molecular flexibility index (Phi) is 8.66. The lowest BCUT2D eigenvalue weighted by atomic mass is 9.89. The summed E-state index contributed by atoms with van der Waals surface area (Å²) in [7, 11) is 1.69. The van der Waals surface area contributed by atoms with E-state index >= 15 is 4.39 Å². The normalized spacial score (nSPS) is 19.0. The Balaban J connectivity index is 0.915. The number of phenols is 1. The summed E-state index contributed by atoms with van der Waals surface area (Å²) in [6.07, 6.45) is 2.30. The number of aromatic hydroxyl groups is 1. The molecule has 4 aromatic rings. The van der Waals surface area contributed by atoms with Crippen LogP contribution < -0.4 is 30.7 Å². The van der Waals surface area contributed by atoms with Gasteiger partial charge in [-0.05, 0) is 85.6 Å². The number of benzene rings is 3. The first-order valence-corrected chi connectivity index (χ1v) is 16.8. The maximum absolute atomic E-state index is 15.3. The van der Waals surface area contributed by atoms with Crippen molar-refractivity contribution in [3.63, 3.8) is 0 Å². The predicted octanol–water partition coefficient (Wildman–Crippen LogP) is 2.82. The third-order valence-electron chi connectivity index (χ3n) is 9.50. The highest BCUT2D eigenvalue weighted by atomic mass is 32.2. The number of phenolic OH excluding ortho intramolecular Hbond substituents is 1. The molecule has 256 valence electrons. The van der Waals surface area contributed by atoms with Crippen LogP contribution in [0.15, 0.2) is 47.3 Å². The zero-order valence-corrected chi connectivity index (χ0v) is 27.4. The molecule has 0 saturated carbocycles. The van der Waals surface area contributed by atoms with Crippen LogP contribution in [0.2, 0.25) is 0 Å². The van der Waals surface area contributed by atoms with Gasteiger partial charge >= 0.3 is 11.7 Å². The van der Waals surface area contributed by atoms with Crippen LogP contribution in [-0.2, 0) is 21.4 Å². The van der Waals surface area contributed by atoms with Gasteiger partial charge in [-0.3, -0.25) is 37.9 Å². The number of imide groups is 1. The van der Waals surface area contributed by atoms with Crippen LogP contribution in [0.25, 0.3) is 21.8 Å². The molecule has 0 aliphatic carbocycles. The highest BCUT2D eigenvalue weighted by molar-refractivity contribution is 7.99. The summed E-state index contributed by atoms with van der Waals surface area (Å²) in [5, 5.41) is 19.1. The first-order chi connectivity index (χ1) is 23.6. The summed E-state index contributed by atoms with van der Waals surface area (Å²) < 4.78 is 22.2. The van der Waals surface area contributed by atoms with E-state index in [0.29, 0.717) is 42.0 Å². The second-order valence-corrected chi connectivity index (χ2v) is 13.4. The van der Waals surface area contributed by atoms with E-state index in [0.717, 1.165) is 49.1 Å². The summed E-state index contributed by atoms with van der Waals surface area (Å²) in [6.45, 7) is 2.68. The number of anilines is 2. The molecule has 1 atom stereocenters. The van der Waals surface area contributed by atoms with E-state index in [1.165, 1.54) is 21.0 Å². The number of aryl methyl sites for hydroxylation is 1. The summed E-state index contributed by atoms with van der Waals surface area (Å²) in [5.41, 5.74) is 2.62. The van der Waals surface area contributed by atoms with Crippen LogP contribution in [0.1, 0.15) is 43.2 Å². The molecule has 3 aliphatic rings. The minimum Gasteiger partial charge on any atom is -0.506 e. The Morgan fingerprint density at radius 2 is 1.82 bits per heavy atom. The molecular formula is C33H35FN8O6S. The Labute approximate surface area is 283 Å². The number of rotatable bonds is 7. The number of hydrogen-bond donors (Lipinski definition) is 5. The average Bonchev–Trinajstić information content (AvgIpc) is 3.60. The number of nitrogens with zero attached hydrogens (tertiary/aromatic N) is 4. The number of aromatic nitrogens is 2. The third kappa shape index (κ3) is 6.28. The smallest absolute Gasteiger partial charge is 0.329 e. The molecule has 3 aromatic carbocycles. The van der Waals surface area contributed by atoms with Gasteiger partial charge in [0, 0.05) is 37.6 Å². The summed E-state index contributed by atoms with van der Waals surface area (Å²) in [4.78, 5) is 63.7. The molecule has 7 rings (SSSR count). The van der Waals surface area contributed by atoms with E-state index in [4.69, 9.17) is 0 Å². The number of likely N-dealkylation sites (tertiary alicyclic amines) is 1. The van der Waals surface area contributed by atoms with Crippen molar-refractivity contribution < 1.29 is 28.7 Å². The third-order valence-corrected chi connectivity index (χ3v) is 10.4. The number of piperidine rings is 2. The number of carbonyl (C=O) groups is 4. The number of halogens is 1. The van der Waals surface area contributed by atoms with Gasteiger partial charge in [0.05, 0.1) is 23.2 Å². The fourth-order valence-electron chi connectivity index (χ4n) is 6.94. The van der Waals surface area contributed by atoms with Gasteiger partial charge in [0.1, 0.15) is 24.0 Å². The van der Waals surface area contributed by atoms with Gasteiger partial charge in [0.25, 0.3) is 5.91 Å². The number of nitrogens with one attached hydrogen (secondary N) is 4. The van der Waals surface area contributed by atoms with Gasteiger partial charge < -0.3 is 20.6 Å². The van der Waals surface area contributed by atoms with Crippen molar-refractivity contribution in [1.82, 2.24) is 29.4 Å². The highest BCUT2D eigenvalue weighted by Crippen LogP contribution is 2.40. The van der Waals surface area contributed by atoms with E-state index in [9.17, 15) is 29.1 Å². The van der Waals surface area contributed by atoms with Crippen molar-refractivity contribution in [2.45, 2.75) is 37.6 Å². The maximum atomic E-state index is 15.3. The molecule has 16 heteroatoms. The molecule has 4 heterocycles. The van der Waals surface area contributed by atoms with Crippen molar-refractivity contribution in [1.29, 1.82) is 0 Å². The van der Waals surface area contributed by atoms with Crippen LogP contribution in [0.4, 0.5) is 20.6 Å². The van der Waals surface area contributed by atoms with E-state index in [-0.39, 0.29) is 47.3 Å². The van der Waals surface area contributed by atoms with Gasteiger partial charge in [0.2, 0.25) is 11.8 Å². The Morgan fingerprint density at radius 3 is 2.55 bits per heavy atom. The lowest BCUT2D eigenvalue weighted by Crippen LogP contribution is -2.44. The van der Waals surface area contributed by atoms with Crippen LogP contribution >= 0.6 is 12.1 Å². The topological polar surface area (TPSA) is 170 Å². The number of imidazole rings is 1. The van der Waals surface area contributed by atoms with Crippen molar-refractivity contribution in [3.05, 3.63) is 64.3 Å². The Hall–Kier alpha value is -5.09. The van der Waals surface area contributed by atoms with E-state index < -0.39 is 23.8 Å². The number of carbonyl (C=O) groups excluding carboxylic acids is 4. The van der Waals surface area contributed by atoms with E-state index in [2.05, 4.69) is 25.6 Å². The fourth-order valence-corrected chi connectivity index (χ4v) is 7.66. The first-order valence-electron chi connectivity index (χ1n) is 16.1. The second-order valence-electron chi connectivity index (χ2n) is 12.6. The SMILES string of the molecule is Cn1c(=O)n(C2CCC(=O)NC2=O)c2ccc(C3CCN(CCNC(=O)Nc4ccc5c(F)c(N6CC(=O)NS6)c(O)cc5c4)CC3)cc21. The quantitative estimate of drug-likeness (QED) is 0.145. The molecule has 5 amide bonds. The number of hydrogen-bond acceptors (Lipinski definition) is 9. The molecule has 1 aromatic heterocycles. The molecule has 5 N–H and O–H groups in total. The monoisotopic (exact) mass is 690 g/mol. The van der Waals surface area contributed by atoms with Crippen molar-refractivity contribution in [2.75, 3.05) is 42.3 Å². The van der Waals surface area contributed by atoms with Crippen molar-refractivity contribution in [3.8, 4) is 5.75 Å². The second kappa shape index (κ2) is 13.1. The zero-order valence-electron chi connectivity index (χ0n) is 26.6. The van der Waals surface area contributed by atoms with Gasteiger partial charge in [-0.1, -0.05) is 6.07 Å². The summed E-state index contributed by atoms with van der Waals surface area (Å²) in [6, 6.07) is 10.9. The predicted molar refractivity (Wildman–Crippen MR) is 183 cm³/mol. The van der Waals surface area contributed by atoms with Gasteiger partial charge in [-0.25, -0.2) is 14.0 Å². The lowest BCUT2D eigenvalue weighted by Gasteiger charge is -2.32. The van der Waals surface area contributed by atoms with Gasteiger partial charge in [-0.2, -0.15) is 0 Å². The number of fused-ring (bicyclic) bond motifs is 2. The molecule has 0 spiro atoms. The standard InChI is InChI=1S/C33H35FN8O6S/c1-39-25-15-19(2-5-23(25)42(33(39)48)24-6-7-27(44)37-31(24)46)18-8-11-40(12-9-18)13-10-35-32(47)36-21-3-4-22-20(14-21)16-26(43)30(29(22)34)41-17-28(45)38-49-41/h2-5,14-16,18,24,43H,6-13,17H2,1H3,(H,38,45)(H2,35,36,47)(H,37,44,46). The Morgan fingerprint density at radius 1 is 1.02 bits per heavy atom. The molecule has 1 unspecified atom stereocenters. The average molecular weight is 691 g/mol. The number of amides is 5. The molecule has 49 heavy (non-hydrogen) atoms. The van der Waals surface area contributed by atoms with Crippen LogP contribution in [0.5, 0.6) is 5.75 Å². The minimum atomic E-state index is -0.717. The summed E-state index contributed by atoms with van der Waals surface area (Å²) >= 11 is 0.911. The van der Waals surface area contributed by atoms with Crippen LogP contribution in [0, 0.1) is 5.82 Å². The number of urea groups is 1. The lowest BCUT2D eigenvalue weighted by molar-refractivity contribution is -0.135. The highest BCUT2D eigenvalue weighted by Gasteiger charge is 2.32. The van der Waals surface area contributed by atoms with E-state index in [1.807, 2.05) is 18.2 Å². The largest absolute Gasteiger partial charge is 0.506 e. The van der Waals surface area contributed by atoms with Gasteiger partial charge in [0.15, 0.2) is 5.82 Å². The molecule has 3 saturated heterocycles. The van der Waals surface area contributed by atoms with Gasteiger partial charge in [-0.15, -0.1) is 0 Å². The maximum Gasteiger partial charge on any atom is 0.329 e. The summed E-state index contributed by atoms with van der Waals surface area (Å²) in [5.74, 6) is -1.73. The van der Waals surface area contributed by atoms with E-state index in [1.54, 1.807) is 23.7 Å². The molecule has 0 bridgehead atoms. The zero-order chi connectivity index (χ0) is 34.4. The molecule has 3 aliphatic heterocycles. The molecule has 14 nitrogen and oxygen atoms in total. The van der Waals surface area contributed by atoms with Crippen LogP contribution in [0.3, 0.4) is 0 Å². The van der Waals surface area contributed by atoms with Crippen molar-refractivity contribution >= 4 is 69.1 Å². The molecular weight excluding hydrogens is 655 g/mol. The Bertz CT molecular complexity index is 2070. The molecule has 0 radical (unpaired) electrons. The first kappa shape index (κ1) is 32.5. The fraction of sp³-hybridized carbons (Fsp3) is 0.364. The minimum absolute atomic E-state index is 0.0759. The van der Waals surface area contributed by atoms with Crippen LogP contribution in [-0.4, -0.2) is 75.6 Å². The molecule has 3 fully saturated rings. The van der Waals surface area contributed by atoms with Crippen molar-refractivity contribution in [2.24, 2.45) is 7.05 Å².